The summed E-state index contributed by atoms with van der Waals surface area (Å²) in [4.78, 5) is 9.71. The van der Waals surface area contributed by atoms with E-state index in [-0.39, 0.29) is 6.61 Å². The standard InChI is InChI=1S/C4H7NO2.C2H4/c1-2-3-7-4(5)6;1-2/h2H,1,3H2,(H2,5,6);1-2H2. The Morgan fingerprint density at radius 1 is 1.67 bits per heavy atom. The van der Waals surface area contributed by atoms with Gasteiger partial charge in [-0.05, 0) is 0 Å². The third-order valence-electron chi connectivity index (χ3n) is 0.343. The van der Waals surface area contributed by atoms with Crippen LogP contribution in [0.25, 0.3) is 0 Å². The first-order valence-corrected chi connectivity index (χ1v) is 2.30. The maximum Gasteiger partial charge on any atom is 0.404 e. The Labute approximate surface area is 54.8 Å². The molecule has 0 rings (SSSR count). The van der Waals surface area contributed by atoms with Crippen molar-refractivity contribution < 1.29 is 9.53 Å². The van der Waals surface area contributed by atoms with Gasteiger partial charge in [-0.15, -0.1) is 13.2 Å². The zero-order chi connectivity index (χ0) is 7.70. The van der Waals surface area contributed by atoms with Crippen LogP contribution in [0.15, 0.2) is 25.8 Å². The number of amides is 1. The zero-order valence-corrected chi connectivity index (χ0v) is 5.30. The average Bonchev–Trinajstić information content (AvgIpc) is 1.88. The Morgan fingerprint density at radius 2 is 2.11 bits per heavy atom. The molecule has 0 fully saturated rings. The van der Waals surface area contributed by atoms with E-state index in [1.807, 2.05) is 0 Å². The summed E-state index contributed by atoms with van der Waals surface area (Å²) < 4.78 is 4.21. The van der Waals surface area contributed by atoms with E-state index in [0.29, 0.717) is 0 Å². The van der Waals surface area contributed by atoms with E-state index in [1.165, 1.54) is 6.08 Å². The van der Waals surface area contributed by atoms with Gasteiger partial charge in [0.2, 0.25) is 0 Å². The van der Waals surface area contributed by atoms with E-state index in [0.717, 1.165) is 0 Å². The van der Waals surface area contributed by atoms with Crippen LogP contribution in [0, 0.1) is 0 Å². The molecule has 0 aromatic rings. The molecule has 0 bridgehead atoms. The topological polar surface area (TPSA) is 52.3 Å². The van der Waals surface area contributed by atoms with Crippen LogP contribution in [-0.2, 0) is 4.74 Å². The molecule has 2 N–H and O–H groups in total. The largest absolute Gasteiger partial charge is 0.445 e. The van der Waals surface area contributed by atoms with Crippen LogP contribution in [0.3, 0.4) is 0 Å². The molecule has 0 saturated heterocycles. The maximum absolute atomic E-state index is 9.71. The molecule has 0 radical (unpaired) electrons. The van der Waals surface area contributed by atoms with Gasteiger partial charge in [0, 0.05) is 0 Å². The molecule has 0 atom stereocenters. The molecule has 3 nitrogen and oxygen atoms in total. The van der Waals surface area contributed by atoms with Crippen LogP contribution < -0.4 is 5.73 Å². The summed E-state index contributed by atoms with van der Waals surface area (Å²) >= 11 is 0. The number of rotatable bonds is 2. The third-order valence-corrected chi connectivity index (χ3v) is 0.343. The molecule has 3 heteroatoms. The Morgan fingerprint density at radius 3 is 2.22 bits per heavy atom. The van der Waals surface area contributed by atoms with Crippen LogP contribution in [0.4, 0.5) is 4.79 Å². The number of hydrogen-bond acceptors (Lipinski definition) is 2. The summed E-state index contributed by atoms with van der Waals surface area (Å²) in [6.07, 6.45) is 0.685. The highest BCUT2D eigenvalue weighted by molar-refractivity contribution is 5.64. The van der Waals surface area contributed by atoms with Gasteiger partial charge in [-0.3, -0.25) is 0 Å². The number of carbonyl (C=O) groups excluding carboxylic acids is 1. The van der Waals surface area contributed by atoms with E-state index in [9.17, 15) is 4.79 Å². The van der Waals surface area contributed by atoms with Gasteiger partial charge in [0.1, 0.15) is 6.61 Å². The van der Waals surface area contributed by atoms with Crippen LogP contribution in [0.1, 0.15) is 0 Å². The van der Waals surface area contributed by atoms with E-state index < -0.39 is 6.09 Å². The minimum absolute atomic E-state index is 0.190. The lowest BCUT2D eigenvalue weighted by Crippen LogP contribution is -2.12. The molecule has 0 unspecified atom stereocenters. The summed E-state index contributed by atoms with van der Waals surface area (Å²) in [5.41, 5.74) is 4.57. The van der Waals surface area contributed by atoms with Crippen LogP contribution in [-0.4, -0.2) is 12.7 Å². The predicted octanol–water partition coefficient (Wildman–Crippen LogP) is 1.07. The average molecular weight is 129 g/mol. The molecule has 52 valence electrons. The summed E-state index contributed by atoms with van der Waals surface area (Å²) in [5.74, 6) is 0. The van der Waals surface area contributed by atoms with Gasteiger partial charge in [-0.2, -0.15) is 0 Å². The second-order valence-corrected chi connectivity index (χ2v) is 0.919. The molecular formula is C6H11NO2. The highest BCUT2D eigenvalue weighted by atomic mass is 16.5. The molecule has 0 saturated carbocycles. The first kappa shape index (κ1) is 10.7. The summed E-state index contributed by atoms with van der Waals surface area (Å²) in [7, 11) is 0. The van der Waals surface area contributed by atoms with Crippen LogP contribution in [0.5, 0.6) is 0 Å². The molecule has 0 aromatic heterocycles. The van der Waals surface area contributed by atoms with E-state index in [2.05, 4.69) is 30.2 Å². The first-order valence-electron chi connectivity index (χ1n) is 2.30. The van der Waals surface area contributed by atoms with Crippen molar-refractivity contribution in [3.8, 4) is 0 Å². The highest BCUT2D eigenvalue weighted by Crippen LogP contribution is 1.70. The molecule has 0 aliphatic heterocycles. The normalized spacial score (nSPS) is 6.22. The number of primary amides is 1. The van der Waals surface area contributed by atoms with Crippen molar-refractivity contribution in [1.29, 1.82) is 0 Å². The van der Waals surface area contributed by atoms with Gasteiger partial charge in [-0.25, -0.2) is 4.79 Å². The molecule has 0 heterocycles. The first-order chi connectivity index (χ1) is 4.27. The lowest BCUT2D eigenvalue weighted by molar-refractivity contribution is 0.169. The lowest BCUT2D eigenvalue weighted by Gasteiger charge is -1.90. The summed E-state index contributed by atoms with van der Waals surface area (Å²) in [6, 6.07) is 0. The van der Waals surface area contributed by atoms with Gasteiger partial charge in [0.05, 0.1) is 0 Å². The highest BCUT2D eigenvalue weighted by Gasteiger charge is 1.84. The van der Waals surface area contributed by atoms with Crippen molar-refractivity contribution in [1.82, 2.24) is 0 Å². The smallest absolute Gasteiger partial charge is 0.404 e. The van der Waals surface area contributed by atoms with Crippen molar-refractivity contribution in [2.75, 3.05) is 6.61 Å². The maximum atomic E-state index is 9.71. The number of ether oxygens (including phenoxy) is 1. The Kier molecular flexibility index (Phi) is 11.7. The minimum atomic E-state index is -0.764. The quantitative estimate of drug-likeness (QED) is 0.567. The molecule has 0 aliphatic carbocycles. The Bertz CT molecular complexity index is 91.1. The predicted molar refractivity (Wildman–Crippen MR) is 37.0 cm³/mol. The van der Waals surface area contributed by atoms with Crippen molar-refractivity contribution >= 4 is 6.09 Å². The van der Waals surface area contributed by atoms with Crippen LogP contribution in [0.2, 0.25) is 0 Å². The summed E-state index contributed by atoms with van der Waals surface area (Å²) in [6.45, 7) is 9.49. The molecule has 1 amide bonds. The number of carbonyl (C=O) groups is 1. The van der Waals surface area contributed by atoms with Crippen molar-refractivity contribution in [3.63, 3.8) is 0 Å². The molecule has 0 aromatic carbocycles. The van der Waals surface area contributed by atoms with Gasteiger partial charge in [0.15, 0.2) is 0 Å². The third kappa shape index (κ3) is 20.1. The van der Waals surface area contributed by atoms with Gasteiger partial charge in [0.25, 0.3) is 0 Å². The molecule has 0 spiro atoms. The molecular weight excluding hydrogens is 118 g/mol. The number of hydrogen-bond donors (Lipinski definition) is 1. The fourth-order valence-electron chi connectivity index (χ4n) is 0.141. The fraction of sp³-hybridized carbons (Fsp3) is 0.167. The van der Waals surface area contributed by atoms with Gasteiger partial charge < -0.3 is 10.5 Å². The fourth-order valence-corrected chi connectivity index (χ4v) is 0.141. The van der Waals surface area contributed by atoms with Gasteiger partial charge >= 0.3 is 6.09 Å². The zero-order valence-electron chi connectivity index (χ0n) is 5.30. The Hall–Kier alpha value is -1.25. The second kappa shape index (κ2) is 9.89. The van der Waals surface area contributed by atoms with E-state index >= 15 is 0 Å². The SMILES string of the molecule is C=C.C=CCOC(N)=O. The molecule has 0 aliphatic rings. The van der Waals surface area contributed by atoms with Gasteiger partial charge in [-0.1, -0.05) is 12.7 Å². The van der Waals surface area contributed by atoms with E-state index in [4.69, 9.17) is 0 Å². The van der Waals surface area contributed by atoms with E-state index in [1.54, 1.807) is 0 Å². The second-order valence-electron chi connectivity index (χ2n) is 0.919. The van der Waals surface area contributed by atoms with Crippen molar-refractivity contribution in [2.24, 2.45) is 5.73 Å². The van der Waals surface area contributed by atoms with Crippen molar-refractivity contribution in [3.05, 3.63) is 25.8 Å². The lowest BCUT2D eigenvalue weighted by atomic mass is 10.7. The van der Waals surface area contributed by atoms with Crippen LogP contribution >= 0.6 is 0 Å². The Balaban J connectivity index is 0. The summed E-state index contributed by atoms with van der Waals surface area (Å²) in [5, 5.41) is 0. The van der Waals surface area contributed by atoms with Crippen molar-refractivity contribution in [2.45, 2.75) is 0 Å². The number of nitrogens with two attached hydrogens (primary N) is 1. The monoisotopic (exact) mass is 129 g/mol. The molecule has 9 heavy (non-hydrogen) atoms. The minimum Gasteiger partial charge on any atom is -0.445 e.